The van der Waals surface area contributed by atoms with Gasteiger partial charge in [0, 0.05) is 32.9 Å². The average Bonchev–Trinajstić information content (AvgIpc) is 3.37. The van der Waals surface area contributed by atoms with Gasteiger partial charge in [-0.05, 0) is 59.9 Å². The number of methoxy groups -OCH3 is 1. The van der Waals surface area contributed by atoms with E-state index in [0.29, 0.717) is 46.4 Å². The van der Waals surface area contributed by atoms with E-state index in [9.17, 15) is 4.79 Å². The van der Waals surface area contributed by atoms with Gasteiger partial charge in [0.1, 0.15) is 12.6 Å². The normalized spacial score (nSPS) is 16.3. The highest BCUT2D eigenvalue weighted by atomic mass is 79.9. The number of ether oxygens (including phenoxy) is 2. The van der Waals surface area contributed by atoms with Crippen molar-refractivity contribution in [3.05, 3.63) is 104 Å². The highest BCUT2D eigenvalue weighted by molar-refractivity contribution is 9.10. The van der Waals surface area contributed by atoms with Gasteiger partial charge in [0.05, 0.1) is 7.11 Å². The Bertz CT molecular complexity index is 1620. The summed E-state index contributed by atoms with van der Waals surface area (Å²) < 4.78 is 14.7. The van der Waals surface area contributed by atoms with Crippen molar-refractivity contribution in [3.63, 3.8) is 0 Å². The minimum Gasteiger partial charge on any atom is -0.493 e. The van der Waals surface area contributed by atoms with Gasteiger partial charge in [-0.15, -0.1) is 5.10 Å². The number of anilines is 1. The van der Waals surface area contributed by atoms with Crippen LogP contribution in [0.3, 0.4) is 0 Å². The smallest absolute Gasteiger partial charge is 0.227 e. The molecule has 0 saturated carbocycles. The number of hydrogen-bond donors (Lipinski definition) is 1. The Balaban J connectivity index is 1.32. The number of allylic oxidation sites excluding steroid dienone is 2. The number of carbonyl (C=O) groups excluding carboxylic acids is 1. The van der Waals surface area contributed by atoms with Gasteiger partial charge in [0.2, 0.25) is 11.1 Å². The van der Waals surface area contributed by atoms with Crippen LogP contribution in [-0.2, 0) is 17.2 Å². The Morgan fingerprint density at radius 3 is 2.80 bits per heavy atom. The molecule has 1 N–H and O–H groups in total. The van der Waals surface area contributed by atoms with E-state index in [1.807, 2.05) is 71.4 Å². The molecule has 0 spiro atoms. The summed E-state index contributed by atoms with van der Waals surface area (Å²) in [6.07, 6.45) is 2.11. The van der Waals surface area contributed by atoms with Crippen LogP contribution in [0.2, 0.25) is 5.02 Å². The van der Waals surface area contributed by atoms with Crippen LogP contribution in [0, 0.1) is 0 Å². The number of rotatable bonds is 8. The van der Waals surface area contributed by atoms with E-state index in [1.54, 1.807) is 7.11 Å². The summed E-state index contributed by atoms with van der Waals surface area (Å²) in [4.78, 5) is 18.0. The van der Waals surface area contributed by atoms with E-state index < -0.39 is 6.04 Å². The maximum atomic E-state index is 13.2. The fourth-order valence-electron chi connectivity index (χ4n) is 5.03. The zero-order valence-electron chi connectivity index (χ0n) is 21.7. The molecule has 1 unspecified atom stereocenters. The first-order valence-corrected chi connectivity index (χ1v) is 15.1. The first-order valence-electron chi connectivity index (χ1n) is 12.9. The van der Waals surface area contributed by atoms with Crippen molar-refractivity contribution in [2.45, 2.75) is 42.8 Å². The molecule has 2 heterocycles. The van der Waals surface area contributed by atoms with Crippen molar-refractivity contribution in [1.82, 2.24) is 14.8 Å². The summed E-state index contributed by atoms with van der Waals surface area (Å²) in [7, 11) is 1.62. The fourth-order valence-corrected chi connectivity index (χ4v) is 6.59. The molecule has 1 atom stereocenters. The molecule has 4 aromatic rings. The molecule has 40 heavy (non-hydrogen) atoms. The number of ketones is 1. The second-order valence-corrected chi connectivity index (χ2v) is 11.8. The van der Waals surface area contributed by atoms with Crippen molar-refractivity contribution in [1.29, 1.82) is 0 Å². The summed E-state index contributed by atoms with van der Waals surface area (Å²) in [5.74, 6) is 2.59. The third-order valence-electron chi connectivity index (χ3n) is 6.95. The minimum absolute atomic E-state index is 0.124. The molecule has 3 aromatic carbocycles. The summed E-state index contributed by atoms with van der Waals surface area (Å²) in [6.45, 7) is 0.398. The third kappa shape index (κ3) is 5.50. The Labute approximate surface area is 250 Å². The SMILES string of the molecule is COc1cc(C2C3=C(CCCC3=O)Nc3nc(SCc4ccccc4Cl)nn32)ccc1OCc1cccc(Br)c1. The number of aromatic nitrogens is 3. The third-order valence-corrected chi connectivity index (χ3v) is 8.70. The molecule has 0 radical (unpaired) electrons. The Morgan fingerprint density at radius 2 is 1.98 bits per heavy atom. The number of nitrogens with one attached hydrogen (secondary N) is 1. The van der Waals surface area contributed by atoms with Gasteiger partial charge in [-0.1, -0.05) is 75.7 Å². The number of hydrogen-bond acceptors (Lipinski definition) is 7. The molecule has 6 rings (SSSR count). The van der Waals surface area contributed by atoms with Gasteiger partial charge in [-0.2, -0.15) is 4.98 Å². The summed E-state index contributed by atoms with van der Waals surface area (Å²) in [5.41, 5.74) is 4.58. The molecule has 0 bridgehead atoms. The van der Waals surface area contributed by atoms with E-state index in [4.69, 9.17) is 31.2 Å². The minimum atomic E-state index is -0.422. The lowest BCUT2D eigenvalue weighted by molar-refractivity contribution is -0.116. The van der Waals surface area contributed by atoms with Gasteiger partial charge < -0.3 is 14.8 Å². The molecular formula is C30H26BrClN4O3S. The quantitative estimate of drug-likeness (QED) is 0.199. The summed E-state index contributed by atoms with van der Waals surface area (Å²) in [6, 6.07) is 21.1. The molecule has 0 saturated heterocycles. The predicted octanol–water partition coefficient (Wildman–Crippen LogP) is 7.60. The molecule has 7 nitrogen and oxygen atoms in total. The number of halogens is 2. The lowest BCUT2D eigenvalue weighted by Gasteiger charge is -2.32. The molecule has 0 amide bonds. The van der Waals surface area contributed by atoms with Crippen molar-refractivity contribution in [2.75, 3.05) is 12.4 Å². The van der Waals surface area contributed by atoms with Gasteiger partial charge in [0.15, 0.2) is 17.3 Å². The lowest BCUT2D eigenvalue weighted by atomic mass is 9.85. The fraction of sp³-hybridized carbons (Fsp3) is 0.233. The molecule has 2 aliphatic rings. The van der Waals surface area contributed by atoms with Crippen LogP contribution in [0.1, 0.15) is 42.0 Å². The molecule has 204 valence electrons. The summed E-state index contributed by atoms with van der Waals surface area (Å²) >= 11 is 11.4. The highest BCUT2D eigenvalue weighted by Gasteiger charge is 2.37. The lowest BCUT2D eigenvalue weighted by Crippen LogP contribution is -2.31. The van der Waals surface area contributed by atoms with Crippen molar-refractivity contribution in [3.8, 4) is 11.5 Å². The van der Waals surface area contributed by atoms with E-state index >= 15 is 0 Å². The molecule has 1 aliphatic carbocycles. The Hall–Kier alpha value is -3.27. The number of carbonyl (C=O) groups is 1. The van der Waals surface area contributed by atoms with Gasteiger partial charge in [-0.25, -0.2) is 4.68 Å². The van der Waals surface area contributed by atoms with Crippen LogP contribution in [0.4, 0.5) is 5.95 Å². The molecule has 1 aromatic heterocycles. The number of fused-ring (bicyclic) bond motifs is 1. The molecular weight excluding hydrogens is 612 g/mol. The van der Waals surface area contributed by atoms with Crippen LogP contribution >= 0.6 is 39.3 Å². The maximum Gasteiger partial charge on any atom is 0.227 e. The number of thioether (sulfide) groups is 1. The van der Waals surface area contributed by atoms with Gasteiger partial charge in [-0.3, -0.25) is 4.79 Å². The second-order valence-electron chi connectivity index (χ2n) is 9.57. The number of Topliss-reactive ketones (excluding diaryl/α,β-unsaturated/α-hetero) is 1. The standard InChI is InChI=1S/C30H26BrClN4O3S/c1-38-26-15-19(12-13-25(26)39-16-18-6-4-8-21(31)14-18)28-27-23(10-5-11-24(27)37)33-29-34-30(35-36(28)29)40-17-20-7-2-3-9-22(20)32/h2-4,6-9,12-15,28H,5,10-11,16-17H2,1H3,(H,33,34,35). The topological polar surface area (TPSA) is 78.3 Å². The molecule has 1 aliphatic heterocycles. The Morgan fingerprint density at radius 1 is 1.10 bits per heavy atom. The van der Waals surface area contributed by atoms with Gasteiger partial charge >= 0.3 is 0 Å². The van der Waals surface area contributed by atoms with Crippen LogP contribution in [0.5, 0.6) is 11.5 Å². The highest BCUT2D eigenvalue weighted by Crippen LogP contribution is 2.43. The number of benzene rings is 3. The van der Waals surface area contributed by atoms with Crippen LogP contribution < -0.4 is 14.8 Å². The van der Waals surface area contributed by atoms with Crippen molar-refractivity contribution in [2.24, 2.45) is 0 Å². The Kier molecular flexibility index (Phi) is 7.87. The van der Waals surface area contributed by atoms with Crippen molar-refractivity contribution >= 4 is 51.0 Å². The second kappa shape index (κ2) is 11.7. The maximum absolute atomic E-state index is 13.2. The van der Waals surface area contributed by atoms with Crippen LogP contribution in [-0.4, -0.2) is 27.7 Å². The van der Waals surface area contributed by atoms with Crippen LogP contribution in [0.25, 0.3) is 0 Å². The van der Waals surface area contributed by atoms with Crippen LogP contribution in [0.15, 0.2) is 87.6 Å². The van der Waals surface area contributed by atoms with E-state index in [0.717, 1.165) is 45.3 Å². The number of nitrogens with zero attached hydrogens (tertiary/aromatic N) is 3. The van der Waals surface area contributed by atoms with E-state index in [1.165, 1.54) is 11.8 Å². The zero-order valence-corrected chi connectivity index (χ0v) is 24.9. The first kappa shape index (κ1) is 26.9. The summed E-state index contributed by atoms with van der Waals surface area (Å²) in [5, 5.41) is 9.56. The molecule has 0 fully saturated rings. The predicted molar refractivity (Wildman–Crippen MR) is 160 cm³/mol. The monoisotopic (exact) mass is 636 g/mol. The van der Waals surface area contributed by atoms with E-state index in [-0.39, 0.29) is 5.78 Å². The van der Waals surface area contributed by atoms with Gasteiger partial charge in [0.25, 0.3) is 0 Å². The first-order chi connectivity index (χ1) is 19.5. The molecule has 10 heteroatoms. The zero-order chi connectivity index (χ0) is 27.6. The largest absolute Gasteiger partial charge is 0.493 e. The van der Waals surface area contributed by atoms with Crippen molar-refractivity contribution < 1.29 is 14.3 Å². The van der Waals surface area contributed by atoms with E-state index in [2.05, 4.69) is 21.2 Å². The average molecular weight is 638 g/mol.